The minimum atomic E-state index is -0.407. The first kappa shape index (κ1) is 30.8. The number of likely N-dealkylation sites (tertiary alicyclic amines) is 1. The summed E-state index contributed by atoms with van der Waals surface area (Å²) in [5, 5.41) is 10.5. The Labute approximate surface area is 245 Å². The quantitative estimate of drug-likeness (QED) is 0.415. The largest absolute Gasteiger partial charge is 0.352 e. The van der Waals surface area contributed by atoms with E-state index in [1.54, 1.807) is 0 Å². The predicted octanol–water partition coefficient (Wildman–Crippen LogP) is 4.86. The number of carbonyl (C=O) groups is 3. The Kier molecular flexibility index (Phi) is 10.6. The smallest absolute Gasteiger partial charge is 0.227 e. The van der Waals surface area contributed by atoms with Gasteiger partial charge in [0.2, 0.25) is 17.7 Å². The van der Waals surface area contributed by atoms with E-state index in [0.29, 0.717) is 49.8 Å². The summed E-state index contributed by atoms with van der Waals surface area (Å²) in [6.45, 7) is 8.91. The van der Waals surface area contributed by atoms with Gasteiger partial charge < -0.3 is 20.9 Å². The zero-order chi connectivity index (χ0) is 28.8. The van der Waals surface area contributed by atoms with E-state index in [9.17, 15) is 14.4 Å². The Morgan fingerprint density at radius 2 is 1.70 bits per heavy atom. The lowest BCUT2D eigenvalue weighted by atomic mass is 9.63. The van der Waals surface area contributed by atoms with Gasteiger partial charge in [-0.15, -0.1) is 0 Å². The van der Waals surface area contributed by atoms with Crippen molar-refractivity contribution in [2.24, 2.45) is 17.3 Å². The maximum atomic E-state index is 13.7. The van der Waals surface area contributed by atoms with Crippen LogP contribution in [0.25, 0.3) is 0 Å². The number of amides is 3. The predicted molar refractivity (Wildman–Crippen MR) is 160 cm³/mol. The van der Waals surface area contributed by atoms with Crippen molar-refractivity contribution in [3.05, 3.63) is 34.9 Å². The van der Waals surface area contributed by atoms with Crippen LogP contribution in [0.2, 0.25) is 5.02 Å². The number of hydrogen-bond acceptors (Lipinski definition) is 4. The van der Waals surface area contributed by atoms with E-state index in [0.717, 1.165) is 37.8 Å². The summed E-state index contributed by atoms with van der Waals surface area (Å²) >= 11 is 6.09. The van der Waals surface area contributed by atoms with E-state index in [1.807, 2.05) is 49.9 Å². The first-order valence-electron chi connectivity index (χ1n) is 15.4. The lowest BCUT2D eigenvalue weighted by Crippen LogP contribution is -2.57. The molecule has 3 fully saturated rings. The van der Waals surface area contributed by atoms with Crippen LogP contribution in [-0.2, 0) is 20.8 Å². The van der Waals surface area contributed by atoms with Gasteiger partial charge in [-0.3, -0.25) is 14.4 Å². The molecule has 2 aliphatic heterocycles. The standard InChI is InChI=1S/C32H49ClN4O3/c1-31(2,3)36-30(40)32(25-9-5-4-6-10-25)15-18-37(19-16-32)28(38)21-27(20-23-11-13-26(33)14-12-23)35-29(39)24-8-7-17-34-22-24/h11-14,24-25,27,34H,4-10,15-22H2,1-3H3,(H,35,39)(H,36,40)/t24-,27+/m0/s1. The van der Waals surface area contributed by atoms with Gasteiger partial charge in [0.15, 0.2) is 0 Å². The number of halogens is 1. The summed E-state index contributed by atoms with van der Waals surface area (Å²) in [4.78, 5) is 42.4. The third kappa shape index (κ3) is 8.22. The van der Waals surface area contributed by atoms with Crippen molar-refractivity contribution in [3.8, 4) is 0 Å². The number of carbonyl (C=O) groups excluding carboxylic acids is 3. The third-order valence-corrected chi connectivity index (χ3v) is 9.42. The van der Waals surface area contributed by atoms with Crippen LogP contribution in [0.5, 0.6) is 0 Å². The summed E-state index contributed by atoms with van der Waals surface area (Å²) in [6.07, 6.45) is 9.87. The maximum Gasteiger partial charge on any atom is 0.227 e. The number of hydrogen-bond donors (Lipinski definition) is 3. The van der Waals surface area contributed by atoms with Crippen LogP contribution in [0.15, 0.2) is 24.3 Å². The van der Waals surface area contributed by atoms with E-state index in [2.05, 4.69) is 16.0 Å². The number of nitrogens with zero attached hydrogens (tertiary/aromatic N) is 1. The molecule has 1 aromatic carbocycles. The van der Waals surface area contributed by atoms with Crippen molar-refractivity contribution in [3.63, 3.8) is 0 Å². The first-order chi connectivity index (χ1) is 19.1. The van der Waals surface area contributed by atoms with Crippen LogP contribution in [0.4, 0.5) is 0 Å². The fourth-order valence-corrected chi connectivity index (χ4v) is 7.04. The average Bonchev–Trinajstić information content (AvgIpc) is 2.94. The van der Waals surface area contributed by atoms with Crippen molar-refractivity contribution in [1.29, 1.82) is 0 Å². The summed E-state index contributed by atoms with van der Waals surface area (Å²) in [7, 11) is 0. The average molecular weight is 573 g/mol. The van der Waals surface area contributed by atoms with Crippen LogP contribution in [0.3, 0.4) is 0 Å². The molecule has 3 N–H and O–H groups in total. The maximum absolute atomic E-state index is 13.7. The highest BCUT2D eigenvalue weighted by Crippen LogP contribution is 2.46. The first-order valence-corrected chi connectivity index (χ1v) is 15.8. The Hall–Kier alpha value is -2.12. The molecule has 0 bridgehead atoms. The van der Waals surface area contributed by atoms with Crippen LogP contribution < -0.4 is 16.0 Å². The molecule has 40 heavy (non-hydrogen) atoms. The zero-order valence-corrected chi connectivity index (χ0v) is 25.5. The molecule has 3 amide bonds. The molecule has 2 heterocycles. The summed E-state index contributed by atoms with van der Waals surface area (Å²) in [5.41, 5.74) is 0.347. The molecule has 1 saturated carbocycles. The van der Waals surface area contributed by atoms with Crippen molar-refractivity contribution in [2.75, 3.05) is 26.2 Å². The highest BCUT2D eigenvalue weighted by atomic mass is 35.5. The normalized spacial score (nSPS) is 22.8. The SMILES string of the molecule is CC(C)(C)NC(=O)C1(C2CCCCC2)CCN(C(=O)C[C@@H](Cc2ccc(Cl)cc2)NC(=O)[C@H]2CCCNC2)CC1. The molecular formula is C32H49ClN4O3. The van der Waals surface area contributed by atoms with Gasteiger partial charge in [0.05, 0.1) is 11.3 Å². The van der Waals surface area contributed by atoms with E-state index < -0.39 is 5.41 Å². The van der Waals surface area contributed by atoms with Gasteiger partial charge in [0, 0.05) is 42.7 Å². The molecule has 1 aromatic rings. The minimum absolute atomic E-state index is 0.0211. The molecule has 4 rings (SSSR count). The van der Waals surface area contributed by atoms with Crippen molar-refractivity contribution >= 4 is 29.3 Å². The topological polar surface area (TPSA) is 90.5 Å². The molecule has 0 unspecified atom stereocenters. The molecule has 0 aromatic heterocycles. The monoisotopic (exact) mass is 572 g/mol. The number of nitrogens with one attached hydrogen (secondary N) is 3. The Morgan fingerprint density at radius 1 is 1.02 bits per heavy atom. The van der Waals surface area contributed by atoms with E-state index in [4.69, 9.17) is 11.6 Å². The van der Waals surface area contributed by atoms with E-state index in [-0.39, 0.29) is 41.6 Å². The molecule has 8 heteroatoms. The van der Waals surface area contributed by atoms with Gasteiger partial charge in [-0.25, -0.2) is 0 Å². The molecule has 0 spiro atoms. The summed E-state index contributed by atoms with van der Waals surface area (Å²) in [5.74, 6) is 0.543. The van der Waals surface area contributed by atoms with Gasteiger partial charge in [0.25, 0.3) is 0 Å². The summed E-state index contributed by atoms with van der Waals surface area (Å²) < 4.78 is 0. The fraction of sp³-hybridized carbons (Fsp3) is 0.719. The Bertz CT molecular complexity index is 1000. The Morgan fingerprint density at radius 3 is 2.30 bits per heavy atom. The fourth-order valence-electron chi connectivity index (χ4n) is 6.91. The zero-order valence-electron chi connectivity index (χ0n) is 24.7. The summed E-state index contributed by atoms with van der Waals surface area (Å²) in [6, 6.07) is 7.32. The second-order valence-electron chi connectivity index (χ2n) is 13.4. The van der Waals surface area contributed by atoms with Gasteiger partial charge in [-0.05, 0) is 95.9 Å². The van der Waals surface area contributed by atoms with Crippen molar-refractivity contribution in [1.82, 2.24) is 20.9 Å². The molecular weight excluding hydrogens is 524 g/mol. The molecule has 2 saturated heterocycles. The van der Waals surface area contributed by atoms with Gasteiger partial charge in [-0.2, -0.15) is 0 Å². The van der Waals surface area contributed by atoms with Crippen LogP contribution in [0, 0.1) is 17.3 Å². The molecule has 1 aliphatic carbocycles. The third-order valence-electron chi connectivity index (χ3n) is 9.17. The van der Waals surface area contributed by atoms with Crippen LogP contribution >= 0.6 is 11.6 Å². The molecule has 7 nitrogen and oxygen atoms in total. The van der Waals surface area contributed by atoms with Crippen molar-refractivity contribution < 1.29 is 14.4 Å². The van der Waals surface area contributed by atoms with E-state index >= 15 is 0 Å². The van der Waals surface area contributed by atoms with Crippen molar-refractivity contribution in [2.45, 2.75) is 103 Å². The number of rotatable bonds is 8. The molecule has 2 atom stereocenters. The number of benzene rings is 1. The van der Waals surface area contributed by atoms with Crippen LogP contribution in [0.1, 0.15) is 90.5 Å². The lowest BCUT2D eigenvalue weighted by Gasteiger charge is -2.47. The van der Waals surface area contributed by atoms with Crippen LogP contribution in [-0.4, -0.2) is 60.4 Å². The second kappa shape index (κ2) is 13.7. The van der Waals surface area contributed by atoms with Gasteiger partial charge in [-0.1, -0.05) is 43.0 Å². The minimum Gasteiger partial charge on any atom is -0.352 e. The van der Waals surface area contributed by atoms with Gasteiger partial charge in [0.1, 0.15) is 0 Å². The molecule has 0 radical (unpaired) electrons. The lowest BCUT2D eigenvalue weighted by molar-refractivity contribution is -0.146. The second-order valence-corrected chi connectivity index (χ2v) is 13.8. The molecule has 3 aliphatic rings. The Balaban J connectivity index is 1.43. The highest BCUT2D eigenvalue weighted by molar-refractivity contribution is 6.30. The highest BCUT2D eigenvalue weighted by Gasteiger charge is 2.48. The van der Waals surface area contributed by atoms with Gasteiger partial charge >= 0.3 is 0 Å². The molecule has 222 valence electrons. The number of piperidine rings is 2. The van der Waals surface area contributed by atoms with E-state index in [1.165, 1.54) is 19.3 Å².